The van der Waals surface area contributed by atoms with E-state index in [4.69, 9.17) is 21.1 Å². The quantitative estimate of drug-likeness (QED) is 0.731. The Balaban J connectivity index is 2.12. The number of hydrogen-bond acceptors (Lipinski definition) is 3. The highest BCUT2D eigenvalue weighted by Gasteiger charge is 2.13. The molecule has 2 rings (SSSR count). The van der Waals surface area contributed by atoms with E-state index in [1.165, 1.54) is 0 Å². The van der Waals surface area contributed by atoms with Gasteiger partial charge in [-0.2, -0.15) is 0 Å². The molecule has 0 aromatic heterocycles. The number of ether oxygens (including phenoxy) is 2. The number of halogens is 1. The van der Waals surface area contributed by atoms with Crippen molar-refractivity contribution in [3.63, 3.8) is 0 Å². The van der Waals surface area contributed by atoms with Gasteiger partial charge in [-0.05, 0) is 49.7 Å². The average molecular weight is 362 g/mol. The zero-order valence-corrected chi connectivity index (χ0v) is 15.6. The van der Waals surface area contributed by atoms with Crippen LogP contribution >= 0.6 is 11.6 Å². The van der Waals surface area contributed by atoms with Gasteiger partial charge in [0.05, 0.1) is 7.11 Å². The largest absolute Gasteiger partial charge is 0.496 e. The second kappa shape index (κ2) is 9.33. The maximum atomic E-state index is 12.4. The van der Waals surface area contributed by atoms with Gasteiger partial charge < -0.3 is 14.8 Å². The zero-order valence-electron chi connectivity index (χ0n) is 14.8. The van der Waals surface area contributed by atoms with Gasteiger partial charge in [0.15, 0.2) is 0 Å². The monoisotopic (exact) mass is 361 g/mol. The second-order valence-corrected chi connectivity index (χ2v) is 6.37. The van der Waals surface area contributed by atoms with Crippen LogP contribution in [0.1, 0.15) is 42.6 Å². The Morgan fingerprint density at radius 2 is 2.04 bits per heavy atom. The summed E-state index contributed by atoms with van der Waals surface area (Å²) in [5.74, 6) is 1.26. The Kier molecular flexibility index (Phi) is 7.14. The van der Waals surface area contributed by atoms with Crippen molar-refractivity contribution < 1.29 is 14.3 Å². The SMILES string of the molecule is CCC[C@@H](C)NC(=O)c1ccc(OC)c(COc2cccc(Cl)c2)c1. The summed E-state index contributed by atoms with van der Waals surface area (Å²) in [6.07, 6.45) is 1.98. The van der Waals surface area contributed by atoms with Gasteiger partial charge in [0.25, 0.3) is 5.91 Å². The Hall–Kier alpha value is -2.20. The molecule has 0 aliphatic carbocycles. The molecule has 5 heteroatoms. The predicted molar refractivity (Wildman–Crippen MR) is 101 cm³/mol. The van der Waals surface area contributed by atoms with Crippen LogP contribution in [0.2, 0.25) is 5.02 Å². The summed E-state index contributed by atoms with van der Waals surface area (Å²) in [4.78, 5) is 12.4. The van der Waals surface area contributed by atoms with E-state index in [0.717, 1.165) is 18.4 Å². The molecular weight excluding hydrogens is 338 g/mol. The number of benzene rings is 2. The van der Waals surface area contributed by atoms with Crippen molar-refractivity contribution in [1.29, 1.82) is 0 Å². The van der Waals surface area contributed by atoms with Crippen LogP contribution in [-0.4, -0.2) is 19.1 Å². The molecule has 134 valence electrons. The summed E-state index contributed by atoms with van der Waals surface area (Å²) in [5, 5.41) is 3.62. The van der Waals surface area contributed by atoms with Crippen LogP contribution in [0.4, 0.5) is 0 Å². The maximum absolute atomic E-state index is 12.4. The zero-order chi connectivity index (χ0) is 18.2. The molecular formula is C20H24ClNO3. The number of carbonyl (C=O) groups is 1. The molecule has 0 aliphatic heterocycles. The summed E-state index contributed by atoms with van der Waals surface area (Å²) in [6, 6.07) is 12.7. The van der Waals surface area contributed by atoms with Crippen LogP contribution in [0, 0.1) is 0 Å². The van der Waals surface area contributed by atoms with Gasteiger partial charge in [-0.25, -0.2) is 0 Å². The highest BCUT2D eigenvalue weighted by atomic mass is 35.5. The molecule has 1 atom stereocenters. The molecule has 0 fully saturated rings. The van der Waals surface area contributed by atoms with Crippen molar-refractivity contribution in [2.75, 3.05) is 7.11 Å². The molecule has 2 aromatic carbocycles. The Morgan fingerprint density at radius 3 is 2.72 bits per heavy atom. The highest BCUT2D eigenvalue weighted by Crippen LogP contribution is 2.24. The number of methoxy groups -OCH3 is 1. The lowest BCUT2D eigenvalue weighted by molar-refractivity contribution is 0.0938. The molecule has 4 nitrogen and oxygen atoms in total. The normalized spacial score (nSPS) is 11.7. The fourth-order valence-electron chi connectivity index (χ4n) is 2.56. The third kappa shape index (κ3) is 5.68. The Labute approximate surface area is 154 Å². The first-order valence-electron chi connectivity index (χ1n) is 8.39. The molecule has 0 saturated carbocycles. The molecule has 0 saturated heterocycles. The van der Waals surface area contributed by atoms with Crippen molar-refractivity contribution in [3.05, 3.63) is 58.6 Å². The lowest BCUT2D eigenvalue weighted by Gasteiger charge is -2.15. The minimum absolute atomic E-state index is 0.0902. The van der Waals surface area contributed by atoms with E-state index in [-0.39, 0.29) is 18.6 Å². The number of rotatable bonds is 8. The topological polar surface area (TPSA) is 47.6 Å². The van der Waals surface area contributed by atoms with Crippen LogP contribution in [-0.2, 0) is 6.61 Å². The first-order chi connectivity index (χ1) is 12.0. The molecule has 1 N–H and O–H groups in total. The van der Waals surface area contributed by atoms with Gasteiger partial charge in [-0.3, -0.25) is 4.79 Å². The number of carbonyl (C=O) groups excluding carboxylic acids is 1. The second-order valence-electron chi connectivity index (χ2n) is 5.94. The van der Waals surface area contributed by atoms with E-state index in [0.29, 0.717) is 22.1 Å². The Morgan fingerprint density at radius 1 is 1.24 bits per heavy atom. The van der Waals surface area contributed by atoms with Crippen molar-refractivity contribution >= 4 is 17.5 Å². The van der Waals surface area contributed by atoms with Gasteiger partial charge in [0.1, 0.15) is 18.1 Å². The summed E-state index contributed by atoms with van der Waals surface area (Å²) in [5.41, 5.74) is 1.40. The van der Waals surface area contributed by atoms with Crippen molar-refractivity contribution in [2.45, 2.75) is 39.3 Å². The molecule has 0 radical (unpaired) electrons. The average Bonchev–Trinajstić information content (AvgIpc) is 2.60. The maximum Gasteiger partial charge on any atom is 0.251 e. The van der Waals surface area contributed by atoms with Crippen LogP contribution in [0.25, 0.3) is 0 Å². The van der Waals surface area contributed by atoms with Gasteiger partial charge in [-0.1, -0.05) is 31.0 Å². The van der Waals surface area contributed by atoms with Gasteiger partial charge in [0.2, 0.25) is 0 Å². The molecule has 1 amide bonds. The highest BCUT2D eigenvalue weighted by molar-refractivity contribution is 6.30. The van der Waals surface area contributed by atoms with Gasteiger partial charge >= 0.3 is 0 Å². The van der Waals surface area contributed by atoms with Crippen LogP contribution in [0.3, 0.4) is 0 Å². The first kappa shape index (κ1) is 19.1. The van der Waals surface area contributed by atoms with E-state index >= 15 is 0 Å². The standard InChI is InChI=1S/C20H24ClNO3/c1-4-6-14(2)22-20(23)15-9-10-19(24-3)16(11-15)13-25-18-8-5-7-17(21)12-18/h5,7-12,14H,4,6,13H2,1-3H3,(H,22,23)/t14-/m1/s1. The van der Waals surface area contributed by atoms with E-state index in [9.17, 15) is 4.79 Å². The molecule has 25 heavy (non-hydrogen) atoms. The minimum atomic E-state index is -0.0902. The van der Waals surface area contributed by atoms with Crippen LogP contribution in [0.5, 0.6) is 11.5 Å². The third-order valence-electron chi connectivity index (χ3n) is 3.83. The van der Waals surface area contributed by atoms with E-state index in [1.54, 1.807) is 37.4 Å². The summed E-state index contributed by atoms with van der Waals surface area (Å²) in [7, 11) is 1.60. The van der Waals surface area contributed by atoms with Crippen molar-refractivity contribution in [3.8, 4) is 11.5 Å². The third-order valence-corrected chi connectivity index (χ3v) is 4.07. The van der Waals surface area contributed by atoms with E-state index in [2.05, 4.69) is 12.2 Å². The minimum Gasteiger partial charge on any atom is -0.496 e. The van der Waals surface area contributed by atoms with E-state index < -0.39 is 0 Å². The lowest BCUT2D eigenvalue weighted by atomic mass is 10.1. The summed E-state index contributed by atoms with van der Waals surface area (Å²) in [6.45, 7) is 4.39. The van der Waals surface area contributed by atoms with E-state index in [1.807, 2.05) is 19.1 Å². The van der Waals surface area contributed by atoms with Crippen molar-refractivity contribution in [2.24, 2.45) is 0 Å². The molecule has 0 bridgehead atoms. The fourth-order valence-corrected chi connectivity index (χ4v) is 2.74. The van der Waals surface area contributed by atoms with Crippen molar-refractivity contribution in [1.82, 2.24) is 5.32 Å². The number of nitrogens with one attached hydrogen (secondary N) is 1. The Bertz CT molecular complexity index is 718. The summed E-state index contributed by atoms with van der Waals surface area (Å²) < 4.78 is 11.1. The first-order valence-corrected chi connectivity index (χ1v) is 8.77. The molecule has 2 aromatic rings. The van der Waals surface area contributed by atoms with Gasteiger partial charge in [0, 0.05) is 22.2 Å². The number of hydrogen-bond donors (Lipinski definition) is 1. The molecule has 0 aliphatic rings. The molecule has 0 spiro atoms. The van der Waals surface area contributed by atoms with Gasteiger partial charge in [-0.15, -0.1) is 0 Å². The summed E-state index contributed by atoms with van der Waals surface area (Å²) >= 11 is 5.97. The molecule has 0 unspecified atom stereocenters. The smallest absolute Gasteiger partial charge is 0.251 e. The fraction of sp³-hybridized carbons (Fsp3) is 0.350. The van der Waals surface area contributed by atoms with Crippen LogP contribution < -0.4 is 14.8 Å². The lowest BCUT2D eigenvalue weighted by Crippen LogP contribution is -2.32. The van der Waals surface area contributed by atoms with Crippen LogP contribution in [0.15, 0.2) is 42.5 Å². The number of amides is 1. The predicted octanol–water partition coefficient (Wildman–Crippen LogP) is 4.85. The molecule has 0 heterocycles.